The molecule has 0 saturated heterocycles. The molecule has 0 saturated carbocycles. The number of nitrogens with zero attached hydrogens (tertiary/aromatic N) is 6. The van der Waals surface area contributed by atoms with Gasteiger partial charge in [0.15, 0.2) is 0 Å². The van der Waals surface area contributed by atoms with Gasteiger partial charge in [0.1, 0.15) is 44.9 Å². The highest BCUT2D eigenvalue weighted by atomic mass is 16.3. The number of hydrogen-bond donors (Lipinski definition) is 2. The van der Waals surface area contributed by atoms with E-state index < -0.39 is 0 Å². The summed E-state index contributed by atoms with van der Waals surface area (Å²) in [6.07, 6.45) is 0. The number of aryl methyl sites for hydroxylation is 3. The molecule has 6 aromatic rings. The van der Waals surface area contributed by atoms with Crippen LogP contribution in [0.2, 0.25) is 0 Å². The molecular formula is C27H24N6O2. The fraction of sp³-hybridized carbons (Fsp3) is 0.111. The second kappa shape index (κ2) is 8.90. The summed E-state index contributed by atoms with van der Waals surface area (Å²) in [6.45, 7) is 5.82. The van der Waals surface area contributed by atoms with Crippen LogP contribution in [0, 0.1) is 20.8 Å². The van der Waals surface area contributed by atoms with Crippen LogP contribution in [-0.4, -0.2) is 40.2 Å². The topological polar surface area (TPSA) is 102 Å². The lowest BCUT2D eigenvalue weighted by Crippen LogP contribution is -2.00. The summed E-state index contributed by atoms with van der Waals surface area (Å²) in [5, 5.41) is 37.3. The normalized spacial score (nSPS) is 10.9. The fourth-order valence-corrected chi connectivity index (χ4v) is 3.82. The molecule has 0 fully saturated rings. The average molecular weight is 465 g/mol. The van der Waals surface area contributed by atoms with Crippen molar-refractivity contribution in [2.75, 3.05) is 0 Å². The Labute approximate surface area is 201 Å². The van der Waals surface area contributed by atoms with E-state index in [1.165, 1.54) is 9.59 Å². The summed E-state index contributed by atoms with van der Waals surface area (Å²) >= 11 is 0. The Bertz CT molecular complexity index is 1600. The quantitative estimate of drug-likeness (QED) is 0.366. The van der Waals surface area contributed by atoms with E-state index in [4.69, 9.17) is 0 Å². The van der Waals surface area contributed by atoms with Crippen LogP contribution in [0.4, 0.5) is 0 Å². The van der Waals surface area contributed by atoms with Gasteiger partial charge in [0, 0.05) is 0 Å². The first-order valence-corrected chi connectivity index (χ1v) is 11.1. The molecule has 8 nitrogen and oxygen atoms in total. The maximum Gasteiger partial charge on any atom is 0.146 e. The Morgan fingerprint density at radius 2 is 1.00 bits per heavy atom. The maximum absolute atomic E-state index is 10.1. The molecule has 0 spiro atoms. The Balaban J connectivity index is 0.000000145. The standard InChI is InChI=1S/C14H13N3O.C13H11N3O/c1-9-7-10(2)14(18)13(8-9)17-15-11-5-3-4-6-12(11)16-17;1-9-6-7-13(17)12(8-9)16-14-10-4-2-3-5-11(10)15-16/h3-8,18H,1-2H3;2-8,17H,1H3. The molecule has 2 aromatic heterocycles. The van der Waals surface area contributed by atoms with Crippen LogP contribution >= 0.6 is 0 Å². The zero-order valence-corrected chi connectivity index (χ0v) is 19.6. The van der Waals surface area contributed by atoms with Gasteiger partial charge in [-0.3, -0.25) is 0 Å². The maximum atomic E-state index is 10.1. The summed E-state index contributed by atoms with van der Waals surface area (Å²) < 4.78 is 0. The highest BCUT2D eigenvalue weighted by Gasteiger charge is 2.11. The summed E-state index contributed by atoms with van der Waals surface area (Å²) in [5.74, 6) is 0.400. The molecule has 35 heavy (non-hydrogen) atoms. The van der Waals surface area contributed by atoms with Crippen molar-refractivity contribution < 1.29 is 10.2 Å². The van der Waals surface area contributed by atoms with Gasteiger partial charge in [-0.05, 0) is 79.9 Å². The highest BCUT2D eigenvalue weighted by molar-refractivity contribution is 5.74. The second-order valence-corrected chi connectivity index (χ2v) is 8.40. The largest absolute Gasteiger partial charge is 0.506 e. The van der Waals surface area contributed by atoms with Gasteiger partial charge in [0.05, 0.1) is 0 Å². The number of phenolic OH excluding ortho intramolecular Hbond substituents is 2. The Morgan fingerprint density at radius 3 is 1.51 bits per heavy atom. The number of aromatic nitrogens is 6. The summed E-state index contributed by atoms with van der Waals surface area (Å²) in [5.41, 5.74) is 7.42. The third kappa shape index (κ3) is 4.41. The van der Waals surface area contributed by atoms with Crippen LogP contribution in [0.5, 0.6) is 11.5 Å². The minimum absolute atomic E-state index is 0.177. The predicted molar refractivity (Wildman–Crippen MR) is 135 cm³/mol. The van der Waals surface area contributed by atoms with E-state index in [0.29, 0.717) is 11.4 Å². The van der Waals surface area contributed by atoms with E-state index in [1.54, 1.807) is 6.07 Å². The van der Waals surface area contributed by atoms with Gasteiger partial charge < -0.3 is 10.2 Å². The smallest absolute Gasteiger partial charge is 0.146 e. The fourth-order valence-electron chi connectivity index (χ4n) is 3.82. The zero-order valence-electron chi connectivity index (χ0n) is 19.6. The lowest BCUT2D eigenvalue weighted by molar-refractivity contribution is 0.463. The Morgan fingerprint density at radius 1 is 0.543 bits per heavy atom. The van der Waals surface area contributed by atoms with Gasteiger partial charge in [-0.15, -0.1) is 30.0 Å². The minimum Gasteiger partial charge on any atom is -0.506 e. The molecule has 0 aliphatic heterocycles. The molecule has 0 aliphatic carbocycles. The molecule has 0 unspecified atom stereocenters. The van der Waals surface area contributed by atoms with Gasteiger partial charge in [-0.25, -0.2) is 0 Å². The number of aromatic hydroxyl groups is 2. The van der Waals surface area contributed by atoms with Crippen LogP contribution in [-0.2, 0) is 0 Å². The van der Waals surface area contributed by atoms with Crippen molar-refractivity contribution in [3.63, 3.8) is 0 Å². The van der Waals surface area contributed by atoms with Crippen molar-refractivity contribution in [3.05, 3.63) is 95.6 Å². The second-order valence-electron chi connectivity index (χ2n) is 8.40. The van der Waals surface area contributed by atoms with E-state index in [2.05, 4.69) is 20.4 Å². The Kier molecular flexibility index (Phi) is 5.62. The third-order valence-electron chi connectivity index (χ3n) is 5.56. The van der Waals surface area contributed by atoms with Crippen molar-refractivity contribution in [2.24, 2.45) is 0 Å². The monoisotopic (exact) mass is 464 g/mol. The number of benzene rings is 4. The first kappa shape index (κ1) is 22.1. The molecule has 0 radical (unpaired) electrons. The van der Waals surface area contributed by atoms with Gasteiger partial charge in [-0.2, -0.15) is 0 Å². The number of rotatable bonds is 2. The van der Waals surface area contributed by atoms with Crippen molar-refractivity contribution in [1.82, 2.24) is 30.0 Å². The van der Waals surface area contributed by atoms with Crippen LogP contribution in [0.15, 0.2) is 78.9 Å². The lowest BCUT2D eigenvalue weighted by Gasteiger charge is -2.07. The van der Waals surface area contributed by atoms with E-state index in [-0.39, 0.29) is 11.5 Å². The molecule has 0 bridgehead atoms. The number of phenols is 2. The number of hydrogen-bond acceptors (Lipinski definition) is 6. The molecule has 6 rings (SSSR count). The van der Waals surface area contributed by atoms with E-state index in [9.17, 15) is 10.2 Å². The van der Waals surface area contributed by atoms with Crippen molar-refractivity contribution in [3.8, 4) is 22.9 Å². The van der Waals surface area contributed by atoms with Gasteiger partial charge in [0.25, 0.3) is 0 Å². The third-order valence-corrected chi connectivity index (χ3v) is 5.56. The highest BCUT2D eigenvalue weighted by Crippen LogP contribution is 2.27. The molecular weight excluding hydrogens is 440 g/mol. The summed E-state index contributed by atoms with van der Waals surface area (Å²) in [6, 6.07) is 24.4. The van der Waals surface area contributed by atoms with Crippen LogP contribution in [0.25, 0.3) is 33.4 Å². The van der Waals surface area contributed by atoms with Crippen LogP contribution in [0.1, 0.15) is 16.7 Å². The summed E-state index contributed by atoms with van der Waals surface area (Å²) in [7, 11) is 0. The van der Waals surface area contributed by atoms with Gasteiger partial charge >= 0.3 is 0 Å². The van der Waals surface area contributed by atoms with Crippen LogP contribution < -0.4 is 0 Å². The van der Waals surface area contributed by atoms with E-state index >= 15 is 0 Å². The Hall–Kier alpha value is -4.72. The SMILES string of the molecule is Cc1cc(C)c(O)c(-n2nc3ccccc3n2)c1.Cc1ccc(O)c(-n2nc3ccccc3n2)c1. The van der Waals surface area contributed by atoms with Crippen molar-refractivity contribution >= 4 is 22.1 Å². The molecule has 0 atom stereocenters. The average Bonchev–Trinajstić information content (AvgIpc) is 3.47. The molecule has 4 aromatic carbocycles. The van der Waals surface area contributed by atoms with Gasteiger partial charge in [0.2, 0.25) is 0 Å². The number of fused-ring (bicyclic) bond motifs is 2. The van der Waals surface area contributed by atoms with E-state index in [1.807, 2.05) is 93.6 Å². The first-order valence-electron chi connectivity index (χ1n) is 11.1. The lowest BCUT2D eigenvalue weighted by atomic mass is 10.1. The zero-order chi connectivity index (χ0) is 24.5. The molecule has 0 amide bonds. The van der Waals surface area contributed by atoms with Crippen LogP contribution in [0.3, 0.4) is 0 Å². The molecule has 2 heterocycles. The van der Waals surface area contributed by atoms with Crippen molar-refractivity contribution in [1.29, 1.82) is 0 Å². The summed E-state index contributed by atoms with van der Waals surface area (Å²) in [4.78, 5) is 2.95. The minimum atomic E-state index is 0.177. The molecule has 2 N–H and O–H groups in total. The van der Waals surface area contributed by atoms with Crippen molar-refractivity contribution in [2.45, 2.75) is 20.8 Å². The predicted octanol–water partition coefficient (Wildman–Crippen LogP) is 5.18. The molecule has 0 aliphatic rings. The molecule has 174 valence electrons. The first-order chi connectivity index (χ1) is 16.9. The van der Waals surface area contributed by atoms with Gasteiger partial charge in [-0.1, -0.05) is 36.4 Å². The van der Waals surface area contributed by atoms with E-state index in [0.717, 1.165) is 38.8 Å². The molecule has 8 heteroatoms.